The molecule has 0 aliphatic heterocycles. The summed E-state index contributed by atoms with van der Waals surface area (Å²) in [6, 6.07) is 12.8. The van der Waals surface area contributed by atoms with Crippen molar-refractivity contribution < 1.29 is 4.39 Å². The third kappa shape index (κ3) is 3.84. The Balaban J connectivity index is 2.14. The van der Waals surface area contributed by atoms with Crippen molar-refractivity contribution in [2.75, 3.05) is 0 Å². The molecule has 3 heteroatoms. The van der Waals surface area contributed by atoms with Gasteiger partial charge in [-0.05, 0) is 37.6 Å². The number of benzene rings is 2. The average molecular weight is 271 g/mol. The van der Waals surface area contributed by atoms with Crippen LogP contribution < -0.4 is 0 Å². The fraction of sp³-hybridized carbons (Fsp3) is 0.188. The van der Waals surface area contributed by atoms with E-state index in [0.717, 1.165) is 10.6 Å². The summed E-state index contributed by atoms with van der Waals surface area (Å²) in [5, 5.41) is 8.82. The van der Waals surface area contributed by atoms with Crippen LogP contribution in [-0.2, 0) is 5.75 Å². The number of thioether (sulfide) groups is 1. The van der Waals surface area contributed by atoms with Crippen LogP contribution in [0.2, 0.25) is 0 Å². The second kappa shape index (κ2) is 5.90. The lowest BCUT2D eigenvalue weighted by atomic mass is 10.1. The maximum Gasteiger partial charge on any atom is 0.125 e. The van der Waals surface area contributed by atoms with Crippen LogP contribution in [0.25, 0.3) is 0 Å². The predicted octanol–water partition coefficient (Wildman–Crippen LogP) is 4.61. The van der Waals surface area contributed by atoms with E-state index in [2.05, 4.69) is 32.0 Å². The molecule has 0 aliphatic carbocycles. The highest BCUT2D eigenvalue weighted by Gasteiger charge is 2.03. The highest BCUT2D eigenvalue weighted by Crippen LogP contribution is 2.25. The van der Waals surface area contributed by atoms with Gasteiger partial charge >= 0.3 is 0 Å². The van der Waals surface area contributed by atoms with Crippen LogP contribution in [0.15, 0.2) is 41.3 Å². The molecular weight excluding hydrogens is 257 g/mol. The van der Waals surface area contributed by atoms with E-state index in [1.165, 1.54) is 28.8 Å². The lowest BCUT2D eigenvalue weighted by molar-refractivity contribution is 0.623. The first-order chi connectivity index (χ1) is 9.06. The predicted molar refractivity (Wildman–Crippen MR) is 76.6 cm³/mol. The van der Waals surface area contributed by atoms with Crippen LogP contribution in [0.3, 0.4) is 0 Å². The molecule has 0 spiro atoms. The van der Waals surface area contributed by atoms with E-state index >= 15 is 0 Å². The quantitative estimate of drug-likeness (QED) is 0.761. The molecule has 0 aromatic heterocycles. The SMILES string of the molecule is Cc1cc(C)cc(CSc2cc(F)cc(C#N)c2)c1. The molecule has 0 heterocycles. The molecule has 0 saturated heterocycles. The lowest BCUT2D eigenvalue weighted by Gasteiger charge is -2.06. The minimum absolute atomic E-state index is 0.359. The van der Waals surface area contributed by atoms with Gasteiger partial charge in [-0.15, -0.1) is 11.8 Å². The molecule has 0 fully saturated rings. The van der Waals surface area contributed by atoms with Gasteiger partial charge in [-0.25, -0.2) is 4.39 Å². The second-order valence-electron chi connectivity index (χ2n) is 4.57. The van der Waals surface area contributed by atoms with E-state index in [9.17, 15) is 4.39 Å². The molecule has 0 amide bonds. The van der Waals surface area contributed by atoms with Gasteiger partial charge in [-0.1, -0.05) is 29.3 Å². The zero-order valence-electron chi connectivity index (χ0n) is 10.9. The Hall–Kier alpha value is -1.79. The number of nitrogens with zero attached hydrogens (tertiary/aromatic N) is 1. The summed E-state index contributed by atoms with van der Waals surface area (Å²) in [7, 11) is 0. The Labute approximate surface area is 117 Å². The molecule has 0 aliphatic rings. The molecule has 1 nitrogen and oxygen atoms in total. The van der Waals surface area contributed by atoms with Gasteiger partial charge in [0, 0.05) is 10.6 Å². The zero-order chi connectivity index (χ0) is 13.8. The number of halogens is 1. The summed E-state index contributed by atoms with van der Waals surface area (Å²) in [5.74, 6) is 0.415. The van der Waals surface area contributed by atoms with Crippen molar-refractivity contribution in [2.45, 2.75) is 24.5 Å². The Kier molecular flexibility index (Phi) is 4.24. The van der Waals surface area contributed by atoms with Crippen molar-refractivity contribution in [3.05, 3.63) is 64.5 Å². The largest absolute Gasteiger partial charge is 0.207 e. The second-order valence-corrected chi connectivity index (χ2v) is 5.62. The Morgan fingerprint density at radius 1 is 1.05 bits per heavy atom. The third-order valence-corrected chi connectivity index (χ3v) is 3.73. The third-order valence-electron chi connectivity index (χ3n) is 2.69. The summed E-state index contributed by atoms with van der Waals surface area (Å²) in [5.41, 5.74) is 4.04. The van der Waals surface area contributed by atoms with Gasteiger partial charge in [0.2, 0.25) is 0 Å². The highest BCUT2D eigenvalue weighted by molar-refractivity contribution is 7.98. The molecule has 19 heavy (non-hydrogen) atoms. The topological polar surface area (TPSA) is 23.8 Å². The number of rotatable bonds is 3. The maximum absolute atomic E-state index is 13.3. The zero-order valence-corrected chi connectivity index (χ0v) is 11.7. The lowest BCUT2D eigenvalue weighted by Crippen LogP contribution is -1.86. The first-order valence-corrected chi connectivity index (χ1v) is 6.96. The molecule has 2 aromatic rings. The van der Waals surface area contributed by atoms with E-state index in [-0.39, 0.29) is 5.82 Å². The van der Waals surface area contributed by atoms with Gasteiger partial charge < -0.3 is 0 Å². The molecule has 0 unspecified atom stereocenters. The van der Waals surface area contributed by atoms with Crippen LogP contribution in [0, 0.1) is 31.0 Å². The first kappa shape index (κ1) is 13.6. The summed E-state index contributed by atoms with van der Waals surface area (Å²) in [6.45, 7) is 4.13. The van der Waals surface area contributed by atoms with E-state index in [4.69, 9.17) is 5.26 Å². The summed E-state index contributed by atoms with van der Waals surface area (Å²) >= 11 is 1.54. The van der Waals surface area contributed by atoms with Crippen molar-refractivity contribution in [3.8, 4) is 6.07 Å². The smallest absolute Gasteiger partial charge is 0.125 e. The van der Waals surface area contributed by atoms with Crippen LogP contribution in [0.4, 0.5) is 4.39 Å². The molecule has 0 radical (unpaired) electrons. The molecular formula is C16H14FNS. The summed E-state index contributed by atoms with van der Waals surface area (Å²) < 4.78 is 13.3. The number of hydrogen-bond acceptors (Lipinski definition) is 2. The van der Waals surface area contributed by atoms with Gasteiger partial charge in [0.15, 0.2) is 0 Å². The van der Waals surface area contributed by atoms with E-state index in [1.54, 1.807) is 17.8 Å². The molecule has 2 aromatic carbocycles. The molecule has 2 rings (SSSR count). The van der Waals surface area contributed by atoms with Gasteiger partial charge in [0.05, 0.1) is 11.6 Å². The van der Waals surface area contributed by atoms with Crippen molar-refractivity contribution in [3.63, 3.8) is 0 Å². The Morgan fingerprint density at radius 3 is 2.37 bits per heavy atom. The summed E-state index contributed by atoms with van der Waals surface area (Å²) in [4.78, 5) is 0.788. The molecule has 96 valence electrons. The molecule has 0 N–H and O–H groups in total. The van der Waals surface area contributed by atoms with E-state index < -0.39 is 0 Å². The normalized spacial score (nSPS) is 10.2. The fourth-order valence-corrected chi connectivity index (χ4v) is 2.94. The van der Waals surface area contributed by atoms with Crippen molar-refractivity contribution in [2.24, 2.45) is 0 Å². The van der Waals surface area contributed by atoms with Crippen LogP contribution in [-0.4, -0.2) is 0 Å². The molecule has 0 atom stereocenters. The highest BCUT2D eigenvalue weighted by atomic mass is 32.2. The van der Waals surface area contributed by atoms with Gasteiger partial charge in [0.25, 0.3) is 0 Å². The molecule has 0 saturated carbocycles. The molecule has 0 bridgehead atoms. The summed E-state index contributed by atoms with van der Waals surface area (Å²) in [6.07, 6.45) is 0. The Bertz CT molecular complexity index is 623. The van der Waals surface area contributed by atoms with Gasteiger partial charge in [-0.2, -0.15) is 5.26 Å². The van der Waals surface area contributed by atoms with Crippen molar-refractivity contribution in [1.82, 2.24) is 0 Å². The fourth-order valence-electron chi connectivity index (χ4n) is 2.03. The van der Waals surface area contributed by atoms with E-state index in [1.807, 2.05) is 6.07 Å². The van der Waals surface area contributed by atoms with E-state index in [0.29, 0.717) is 5.56 Å². The van der Waals surface area contributed by atoms with Gasteiger partial charge in [0.1, 0.15) is 5.82 Å². The minimum Gasteiger partial charge on any atom is -0.207 e. The van der Waals surface area contributed by atoms with Crippen LogP contribution in [0.1, 0.15) is 22.3 Å². The van der Waals surface area contributed by atoms with Crippen molar-refractivity contribution in [1.29, 1.82) is 5.26 Å². The maximum atomic E-state index is 13.3. The average Bonchev–Trinajstić information content (AvgIpc) is 2.34. The number of nitriles is 1. The van der Waals surface area contributed by atoms with Gasteiger partial charge in [-0.3, -0.25) is 0 Å². The Morgan fingerprint density at radius 2 is 1.74 bits per heavy atom. The van der Waals surface area contributed by atoms with Crippen molar-refractivity contribution >= 4 is 11.8 Å². The first-order valence-electron chi connectivity index (χ1n) is 5.97. The van der Waals surface area contributed by atoms with Crippen LogP contribution in [0.5, 0.6) is 0 Å². The standard InChI is InChI=1S/C16H14FNS/c1-11-3-12(2)5-14(4-11)10-19-16-7-13(9-18)6-15(17)8-16/h3-8H,10H2,1-2H3. The van der Waals surface area contributed by atoms with Crippen LogP contribution >= 0.6 is 11.8 Å². The monoisotopic (exact) mass is 271 g/mol. The number of aryl methyl sites for hydroxylation is 2. The number of hydrogen-bond donors (Lipinski definition) is 0. The minimum atomic E-state index is -0.359.